The predicted octanol–water partition coefficient (Wildman–Crippen LogP) is 2.84. The van der Waals surface area contributed by atoms with Crippen LogP contribution in [0, 0.1) is 0 Å². The highest BCUT2D eigenvalue weighted by Gasteiger charge is 2.21. The van der Waals surface area contributed by atoms with Crippen molar-refractivity contribution in [1.29, 1.82) is 0 Å². The van der Waals surface area contributed by atoms with E-state index < -0.39 is 0 Å². The van der Waals surface area contributed by atoms with Crippen molar-refractivity contribution in [3.63, 3.8) is 0 Å². The third-order valence-electron chi connectivity index (χ3n) is 4.30. The molecule has 0 saturated carbocycles. The first-order valence-electron chi connectivity index (χ1n) is 8.82. The number of benzene rings is 1. The van der Waals surface area contributed by atoms with E-state index in [2.05, 4.69) is 58.0 Å². The van der Waals surface area contributed by atoms with Crippen LogP contribution in [-0.4, -0.2) is 53.1 Å². The molecular weight excluding hydrogens is 332 g/mol. The Bertz CT molecular complexity index is 673. The van der Waals surface area contributed by atoms with E-state index in [1.54, 1.807) is 11.8 Å². The molecule has 2 aromatic rings. The fourth-order valence-corrected chi connectivity index (χ4v) is 4.06. The molecule has 0 bridgehead atoms. The molecule has 1 atom stereocenters. The van der Waals surface area contributed by atoms with Gasteiger partial charge in [0.05, 0.1) is 5.25 Å². The molecule has 0 radical (unpaired) electrons. The number of likely N-dealkylation sites (N-methyl/N-ethyl adjacent to an activating group) is 1. The maximum absolute atomic E-state index is 6.01. The Kier molecular flexibility index (Phi) is 6.09. The van der Waals surface area contributed by atoms with E-state index in [1.807, 2.05) is 6.07 Å². The Hall–Kier alpha value is -1.86. The van der Waals surface area contributed by atoms with Crippen LogP contribution in [0.3, 0.4) is 0 Å². The lowest BCUT2D eigenvalue weighted by molar-refractivity contribution is 0.311. The van der Waals surface area contributed by atoms with Gasteiger partial charge in [0.15, 0.2) is 0 Å². The molecule has 2 heterocycles. The first kappa shape index (κ1) is 17.9. The van der Waals surface area contributed by atoms with E-state index in [1.165, 1.54) is 4.90 Å². The Balaban J connectivity index is 1.83. The molecule has 0 aliphatic carbocycles. The van der Waals surface area contributed by atoms with Crippen molar-refractivity contribution in [2.45, 2.75) is 29.9 Å². The first-order chi connectivity index (χ1) is 12.2. The molecule has 1 aromatic heterocycles. The predicted molar refractivity (Wildman–Crippen MR) is 104 cm³/mol. The number of piperazine rings is 1. The smallest absolute Gasteiger partial charge is 0.230 e. The summed E-state index contributed by atoms with van der Waals surface area (Å²) in [6.45, 7) is 6.05. The quantitative estimate of drug-likeness (QED) is 0.796. The normalized spacial score (nSPS) is 16.8. The molecule has 134 valence electrons. The highest BCUT2D eigenvalue weighted by Crippen LogP contribution is 2.37. The summed E-state index contributed by atoms with van der Waals surface area (Å²) in [5.74, 6) is 1.82. The Morgan fingerprint density at radius 2 is 1.80 bits per heavy atom. The van der Waals surface area contributed by atoms with Gasteiger partial charge in [-0.15, -0.1) is 11.8 Å². The van der Waals surface area contributed by atoms with Crippen molar-refractivity contribution < 1.29 is 0 Å². The second kappa shape index (κ2) is 8.49. The van der Waals surface area contributed by atoms with Crippen LogP contribution in [-0.2, 0) is 0 Å². The molecule has 6 nitrogen and oxygen atoms in total. The molecule has 1 saturated heterocycles. The number of nitrogens with zero attached hydrogens (tertiary/aromatic N) is 5. The molecular formula is C18H26N6S. The summed E-state index contributed by atoms with van der Waals surface area (Å²) in [6, 6.07) is 10.4. The third-order valence-corrected chi connectivity index (χ3v) is 5.58. The van der Waals surface area contributed by atoms with Crippen molar-refractivity contribution in [2.24, 2.45) is 0 Å². The number of nitrogen functional groups attached to an aromatic ring is 1. The lowest BCUT2D eigenvalue weighted by atomic mass is 10.2. The molecule has 1 aliphatic rings. The van der Waals surface area contributed by atoms with Gasteiger partial charge in [-0.25, -0.2) is 0 Å². The molecule has 2 N–H and O–H groups in total. The van der Waals surface area contributed by atoms with E-state index in [0.29, 0.717) is 11.9 Å². The van der Waals surface area contributed by atoms with Crippen LogP contribution in [0.4, 0.5) is 11.9 Å². The van der Waals surface area contributed by atoms with Gasteiger partial charge in [-0.05, 0) is 25.6 Å². The highest BCUT2D eigenvalue weighted by atomic mass is 32.2. The van der Waals surface area contributed by atoms with Crippen LogP contribution in [0.1, 0.15) is 30.8 Å². The minimum absolute atomic E-state index is 0.184. The van der Waals surface area contributed by atoms with E-state index in [4.69, 9.17) is 10.7 Å². The molecule has 25 heavy (non-hydrogen) atoms. The molecule has 0 amide bonds. The number of thioether (sulfide) groups is 1. The number of rotatable bonds is 6. The average Bonchev–Trinajstić information content (AvgIpc) is 2.62. The fraction of sp³-hybridized carbons (Fsp3) is 0.500. The van der Waals surface area contributed by atoms with Gasteiger partial charge in [0.1, 0.15) is 5.82 Å². The maximum Gasteiger partial charge on any atom is 0.230 e. The van der Waals surface area contributed by atoms with Gasteiger partial charge in [0.25, 0.3) is 0 Å². The Morgan fingerprint density at radius 3 is 2.48 bits per heavy atom. The summed E-state index contributed by atoms with van der Waals surface area (Å²) in [4.78, 5) is 19.4. The van der Waals surface area contributed by atoms with Crippen LogP contribution < -0.4 is 10.6 Å². The van der Waals surface area contributed by atoms with E-state index in [0.717, 1.165) is 44.8 Å². The minimum atomic E-state index is 0.184. The Morgan fingerprint density at radius 1 is 1.08 bits per heavy atom. The number of anilines is 2. The highest BCUT2D eigenvalue weighted by molar-refractivity contribution is 7.99. The van der Waals surface area contributed by atoms with Gasteiger partial charge >= 0.3 is 0 Å². The molecule has 0 spiro atoms. The molecule has 7 heteroatoms. The number of hydrogen-bond donors (Lipinski definition) is 1. The SMILES string of the molecule is CCCC(Sc1ccccc1)c1nc(N)nc(N2CCN(C)CC2)n1. The van der Waals surface area contributed by atoms with Gasteiger partial charge in [0.2, 0.25) is 11.9 Å². The van der Waals surface area contributed by atoms with Crippen molar-refractivity contribution in [3.8, 4) is 0 Å². The number of hydrogen-bond acceptors (Lipinski definition) is 7. The number of aromatic nitrogens is 3. The molecule has 1 fully saturated rings. The summed E-state index contributed by atoms with van der Waals surface area (Å²) < 4.78 is 0. The third kappa shape index (κ3) is 4.83. The monoisotopic (exact) mass is 358 g/mol. The fourth-order valence-electron chi connectivity index (χ4n) is 2.86. The second-order valence-corrected chi connectivity index (χ2v) is 7.63. The minimum Gasteiger partial charge on any atom is -0.368 e. The van der Waals surface area contributed by atoms with Gasteiger partial charge in [-0.1, -0.05) is 31.5 Å². The van der Waals surface area contributed by atoms with Gasteiger partial charge in [-0.2, -0.15) is 15.0 Å². The summed E-state index contributed by atoms with van der Waals surface area (Å²) in [5, 5.41) is 0.184. The lowest BCUT2D eigenvalue weighted by Gasteiger charge is -2.32. The van der Waals surface area contributed by atoms with Crippen LogP contribution >= 0.6 is 11.8 Å². The largest absolute Gasteiger partial charge is 0.368 e. The molecule has 1 aliphatic heterocycles. The lowest BCUT2D eigenvalue weighted by Crippen LogP contribution is -2.45. The first-order valence-corrected chi connectivity index (χ1v) is 9.70. The van der Waals surface area contributed by atoms with Gasteiger partial charge in [0, 0.05) is 31.1 Å². The summed E-state index contributed by atoms with van der Waals surface area (Å²) in [6.07, 6.45) is 2.07. The van der Waals surface area contributed by atoms with Crippen molar-refractivity contribution >= 4 is 23.7 Å². The summed E-state index contributed by atoms with van der Waals surface area (Å²) >= 11 is 1.80. The summed E-state index contributed by atoms with van der Waals surface area (Å²) in [7, 11) is 2.14. The second-order valence-electron chi connectivity index (χ2n) is 6.35. The molecule has 1 unspecified atom stereocenters. The van der Waals surface area contributed by atoms with Gasteiger partial charge < -0.3 is 15.5 Å². The van der Waals surface area contributed by atoms with Crippen molar-refractivity contribution in [2.75, 3.05) is 43.9 Å². The van der Waals surface area contributed by atoms with E-state index in [-0.39, 0.29) is 5.25 Å². The standard InChI is InChI=1S/C18H26N6S/c1-3-7-15(25-14-8-5-4-6-9-14)16-20-17(19)22-18(21-16)24-12-10-23(2)11-13-24/h4-6,8-9,15H,3,7,10-13H2,1-2H3,(H2,19,20,21,22). The number of nitrogens with two attached hydrogens (primary N) is 1. The van der Waals surface area contributed by atoms with Gasteiger partial charge in [-0.3, -0.25) is 0 Å². The van der Waals surface area contributed by atoms with Crippen LogP contribution in [0.5, 0.6) is 0 Å². The Labute approximate surface area is 153 Å². The zero-order valence-corrected chi connectivity index (χ0v) is 15.7. The summed E-state index contributed by atoms with van der Waals surface area (Å²) in [5.41, 5.74) is 6.01. The van der Waals surface area contributed by atoms with E-state index >= 15 is 0 Å². The topological polar surface area (TPSA) is 71.2 Å². The van der Waals surface area contributed by atoms with Crippen LogP contribution in [0.15, 0.2) is 35.2 Å². The zero-order chi connectivity index (χ0) is 17.6. The van der Waals surface area contributed by atoms with E-state index in [9.17, 15) is 0 Å². The van der Waals surface area contributed by atoms with Crippen LogP contribution in [0.25, 0.3) is 0 Å². The maximum atomic E-state index is 6.01. The molecule has 1 aromatic carbocycles. The average molecular weight is 359 g/mol. The zero-order valence-electron chi connectivity index (χ0n) is 14.9. The molecule has 3 rings (SSSR count). The van der Waals surface area contributed by atoms with Crippen molar-refractivity contribution in [1.82, 2.24) is 19.9 Å². The van der Waals surface area contributed by atoms with Crippen molar-refractivity contribution in [3.05, 3.63) is 36.2 Å². The van der Waals surface area contributed by atoms with Crippen LogP contribution in [0.2, 0.25) is 0 Å².